The first-order valence-corrected chi connectivity index (χ1v) is 12.7. The van der Waals surface area contributed by atoms with Crippen molar-refractivity contribution in [2.45, 2.75) is 13.0 Å². The number of ketones is 1. The number of rotatable bonds is 10. The van der Waals surface area contributed by atoms with Crippen LogP contribution in [0.1, 0.15) is 26.5 Å². The van der Waals surface area contributed by atoms with Crippen molar-refractivity contribution in [3.05, 3.63) is 95.6 Å². The van der Waals surface area contributed by atoms with Crippen LogP contribution in [0.2, 0.25) is 0 Å². The molecule has 0 bridgehead atoms. The van der Waals surface area contributed by atoms with Crippen molar-refractivity contribution in [1.82, 2.24) is 14.5 Å². The highest BCUT2D eigenvalue weighted by molar-refractivity contribution is 7.17. The molecule has 10 heteroatoms. The van der Waals surface area contributed by atoms with Gasteiger partial charge in [-0.25, -0.2) is 4.98 Å². The lowest BCUT2D eigenvalue weighted by Crippen LogP contribution is -2.18. The van der Waals surface area contributed by atoms with E-state index < -0.39 is 5.91 Å². The Balaban J connectivity index is 1.37. The monoisotopic (exact) mass is 524 g/mol. The van der Waals surface area contributed by atoms with Gasteiger partial charge < -0.3 is 15.6 Å². The van der Waals surface area contributed by atoms with E-state index in [9.17, 15) is 14.4 Å². The summed E-state index contributed by atoms with van der Waals surface area (Å²) in [5, 5.41) is 6.02. The molecule has 4 N–H and O–H groups in total. The summed E-state index contributed by atoms with van der Waals surface area (Å²) in [6, 6.07) is 21.9. The molecule has 0 saturated heterocycles. The Bertz CT molecular complexity index is 1610. The molecular weight excluding hydrogens is 500 g/mol. The number of benzene rings is 2. The van der Waals surface area contributed by atoms with Gasteiger partial charge in [0.05, 0.1) is 22.5 Å². The van der Waals surface area contributed by atoms with Gasteiger partial charge in [-0.2, -0.15) is 0 Å². The van der Waals surface area contributed by atoms with Crippen LogP contribution in [0.3, 0.4) is 0 Å². The second kappa shape index (κ2) is 11.1. The zero-order valence-corrected chi connectivity index (χ0v) is 21.1. The van der Waals surface area contributed by atoms with Gasteiger partial charge in [-0.3, -0.25) is 24.7 Å². The zero-order chi connectivity index (χ0) is 26.5. The van der Waals surface area contributed by atoms with Crippen LogP contribution in [0.15, 0.2) is 85.2 Å². The number of aryl methyl sites for hydroxylation is 1. The second-order valence-corrected chi connectivity index (χ2v) is 9.59. The molecule has 0 radical (unpaired) electrons. The van der Waals surface area contributed by atoms with Crippen LogP contribution in [0, 0.1) is 0 Å². The smallest absolute Gasteiger partial charge is 0.268 e. The van der Waals surface area contributed by atoms with Crippen LogP contribution in [0.5, 0.6) is 0 Å². The number of fused-ring (bicyclic) bond motifs is 1. The number of amides is 2. The van der Waals surface area contributed by atoms with Crippen molar-refractivity contribution in [3.63, 3.8) is 0 Å². The van der Waals surface area contributed by atoms with Crippen molar-refractivity contribution < 1.29 is 14.4 Å². The first kappa shape index (κ1) is 24.8. The molecule has 0 saturated carbocycles. The Kier molecular flexibility index (Phi) is 7.23. The molecule has 2 amide bonds. The Morgan fingerprint density at radius 2 is 1.74 bits per heavy atom. The number of nitrogens with zero attached hydrogens (tertiary/aromatic N) is 3. The molecular formula is C28H24N6O3S. The number of nitrogens with one attached hydrogen (secondary N) is 2. The van der Waals surface area contributed by atoms with Gasteiger partial charge in [0.1, 0.15) is 0 Å². The van der Waals surface area contributed by atoms with Gasteiger partial charge in [0, 0.05) is 41.5 Å². The fourth-order valence-electron chi connectivity index (χ4n) is 3.99. The summed E-state index contributed by atoms with van der Waals surface area (Å²) >= 11 is 1.36. The summed E-state index contributed by atoms with van der Waals surface area (Å²) in [5.74, 6) is -0.491. The molecule has 5 rings (SSSR count). The number of imidazole rings is 1. The number of aromatic nitrogens is 3. The minimum Gasteiger partial charge on any atom is -0.378 e. The van der Waals surface area contributed by atoms with Crippen LogP contribution in [-0.4, -0.2) is 38.7 Å². The number of primary amides is 1. The topological polar surface area (TPSA) is 132 Å². The number of pyridine rings is 1. The first-order valence-electron chi connectivity index (χ1n) is 11.9. The number of anilines is 2. The summed E-state index contributed by atoms with van der Waals surface area (Å²) in [4.78, 5) is 47.2. The Hall–Kier alpha value is -4.83. The van der Waals surface area contributed by atoms with E-state index in [2.05, 4.69) is 20.6 Å². The Morgan fingerprint density at radius 1 is 0.947 bits per heavy atom. The molecule has 0 unspecified atom stereocenters. The number of nitrogens with two attached hydrogens (primary N) is 1. The maximum absolute atomic E-state index is 13.1. The molecule has 190 valence electrons. The van der Waals surface area contributed by atoms with E-state index in [1.165, 1.54) is 11.3 Å². The fourth-order valence-corrected chi connectivity index (χ4v) is 4.89. The summed E-state index contributed by atoms with van der Waals surface area (Å²) in [7, 11) is 0. The van der Waals surface area contributed by atoms with Gasteiger partial charge in [0.2, 0.25) is 11.9 Å². The minimum atomic E-state index is -0.456. The van der Waals surface area contributed by atoms with Gasteiger partial charge in [0.25, 0.3) is 5.91 Å². The number of carbonyl (C=O) groups is 3. The van der Waals surface area contributed by atoms with E-state index in [1.807, 2.05) is 48.5 Å². The summed E-state index contributed by atoms with van der Waals surface area (Å²) in [5.41, 5.74) is 9.03. The summed E-state index contributed by atoms with van der Waals surface area (Å²) < 4.78 is 1.76. The third-order valence-electron chi connectivity index (χ3n) is 5.90. The molecule has 0 aliphatic carbocycles. The highest BCUT2D eigenvalue weighted by Gasteiger charge is 2.17. The molecule has 3 aromatic heterocycles. The zero-order valence-electron chi connectivity index (χ0n) is 20.3. The van der Waals surface area contributed by atoms with Crippen LogP contribution >= 0.6 is 11.3 Å². The average molecular weight is 525 g/mol. The lowest BCUT2D eigenvalue weighted by molar-refractivity contribution is -0.118. The number of hydrogen-bond acceptors (Lipinski definition) is 7. The maximum atomic E-state index is 13.1. The fraction of sp³-hybridized carbons (Fsp3) is 0.107. The maximum Gasteiger partial charge on any atom is 0.268 e. The van der Waals surface area contributed by atoms with Crippen LogP contribution in [0.4, 0.5) is 11.6 Å². The molecule has 38 heavy (non-hydrogen) atoms. The molecule has 0 atom stereocenters. The SMILES string of the molecule is NC(=O)CCn1c(NC(=O)c2ccc(-c3ccncc3)s2)nc2cc(NCC(=O)c3ccccc3)ccc21. The lowest BCUT2D eigenvalue weighted by Gasteiger charge is -2.09. The van der Waals surface area contributed by atoms with Gasteiger partial charge in [-0.15, -0.1) is 11.3 Å². The lowest BCUT2D eigenvalue weighted by atomic mass is 10.1. The van der Waals surface area contributed by atoms with Crippen molar-refractivity contribution in [1.29, 1.82) is 0 Å². The highest BCUT2D eigenvalue weighted by Crippen LogP contribution is 2.29. The van der Waals surface area contributed by atoms with Gasteiger partial charge in [-0.1, -0.05) is 30.3 Å². The number of carbonyl (C=O) groups excluding carboxylic acids is 3. The number of Topliss-reactive ketones (excluding diaryl/α,β-unsaturated/α-hetero) is 1. The molecule has 0 fully saturated rings. The molecule has 3 heterocycles. The van der Waals surface area contributed by atoms with Crippen LogP contribution in [-0.2, 0) is 11.3 Å². The van der Waals surface area contributed by atoms with Gasteiger partial charge in [0.15, 0.2) is 5.78 Å². The van der Waals surface area contributed by atoms with Gasteiger partial charge >= 0.3 is 0 Å². The van der Waals surface area contributed by atoms with Gasteiger partial charge in [-0.05, 0) is 48.0 Å². The van der Waals surface area contributed by atoms with Crippen molar-refractivity contribution >= 4 is 51.6 Å². The Labute approximate surface area is 222 Å². The molecule has 2 aromatic carbocycles. The summed E-state index contributed by atoms with van der Waals surface area (Å²) in [6.45, 7) is 0.382. The van der Waals surface area contributed by atoms with E-state index >= 15 is 0 Å². The van der Waals surface area contributed by atoms with E-state index in [1.54, 1.807) is 41.2 Å². The second-order valence-electron chi connectivity index (χ2n) is 8.50. The number of hydrogen-bond donors (Lipinski definition) is 3. The van der Waals surface area contributed by atoms with E-state index in [4.69, 9.17) is 5.73 Å². The standard InChI is InChI=1S/C28H24N6O3S/c29-26(36)12-15-34-22-7-6-20(31-17-23(35)18-4-2-1-3-5-18)16-21(22)32-28(34)33-27(37)25-9-8-24(38-25)19-10-13-30-14-11-19/h1-11,13-14,16,31H,12,15,17H2,(H2,29,36)(H,32,33,37). The number of thiophene rings is 1. The van der Waals surface area contributed by atoms with Crippen LogP contribution < -0.4 is 16.4 Å². The van der Waals surface area contributed by atoms with E-state index in [0.717, 1.165) is 16.0 Å². The Morgan fingerprint density at radius 3 is 2.50 bits per heavy atom. The molecule has 0 aliphatic heterocycles. The molecule has 0 aliphatic rings. The first-order chi connectivity index (χ1) is 18.5. The third-order valence-corrected chi connectivity index (χ3v) is 7.03. The van der Waals surface area contributed by atoms with Crippen LogP contribution in [0.25, 0.3) is 21.5 Å². The highest BCUT2D eigenvalue weighted by atomic mass is 32.1. The summed E-state index contributed by atoms with van der Waals surface area (Å²) in [6.07, 6.45) is 3.50. The van der Waals surface area contributed by atoms with E-state index in [0.29, 0.717) is 27.6 Å². The van der Waals surface area contributed by atoms with Crippen molar-refractivity contribution in [3.8, 4) is 10.4 Å². The normalized spacial score (nSPS) is 10.8. The third kappa shape index (κ3) is 5.60. The van der Waals surface area contributed by atoms with E-state index in [-0.39, 0.29) is 31.2 Å². The predicted octanol–water partition coefficient (Wildman–Crippen LogP) is 4.58. The quantitative estimate of drug-likeness (QED) is 0.229. The average Bonchev–Trinajstić information content (AvgIpc) is 3.56. The largest absolute Gasteiger partial charge is 0.378 e. The molecule has 0 spiro atoms. The molecule has 9 nitrogen and oxygen atoms in total. The van der Waals surface area contributed by atoms with Crippen molar-refractivity contribution in [2.75, 3.05) is 17.2 Å². The van der Waals surface area contributed by atoms with Crippen molar-refractivity contribution in [2.24, 2.45) is 5.73 Å². The molecule has 5 aromatic rings. The predicted molar refractivity (Wildman–Crippen MR) is 148 cm³/mol. The minimum absolute atomic E-state index is 0.0345.